The Balaban J connectivity index is 1.38. The van der Waals surface area contributed by atoms with Crippen LogP contribution in [0.25, 0.3) is 10.8 Å². The van der Waals surface area contributed by atoms with Crippen LogP contribution < -0.4 is 14.8 Å². The van der Waals surface area contributed by atoms with E-state index >= 15 is 0 Å². The van der Waals surface area contributed by atoms with Crippen LogP contribution in [0.1, 0.15) is 67.5 Å². The highest BCUT2D eigenvalue weighted by Crippen LogP contribution is 2.38. The van der Waals surface area contributed by atoms with E-state index in [-0.39, 0.29) is 25.5 Å². The molecule has 5 aromatic rings. The molecule has 3 atom stereocenters. The number of para-hydroxylation sites is 1. The summed E-state index contributed by atoms with van der Waals surface area (Å²) >= 11 is 0. The monoisotopic (exact) mass is 746 g/mol. The third kappa shape index (κ3) is 9.39. The molecule has 2 N–H and O–H groups in total. The van der Waals surface area contributed by atoms with Crippen molar-refractivity contribution in [3.05, 3.63) is 126 Å². The molecule has 2 heterocycles. The van der Waals surface area contributed by atoms with E-state index in [1.807, 2.05) is 54.6 Å². The first-order chi connectivity index (χ1) is 26.3. The molecule has 4 aromatic carbocycles. The Morgan fingerprint density at radius 1 is 0.836 bits per heavy atom. The van der Waals surface area contributed by atoms with Crippen LogP contribution >= 0.6 is 0 Å². The van der Waals surface area contributed by atoms with Gasteiger partial charge in [0.05, 0.1) is 6.42 Å². The highest BCUT2D eigenvalue weighted by Gasteiger charge is 2.41. The van der Waals surface area contributed by atoms with Gasteiger partial charge in [-0.25, -0.2) is 0 Å². The van der Waals surface area contributed by atoms with Crippen LogP contribution in [0.4, 0.5) is 5.69 Å². The van der Waals surface area contributed by atoms with Gasteiger partial charge in [0.25, 0.3) is 11.8 Å². The fourth-order valence-electron chi connectivity index (χ4n) is 6.52. The summed E-state index contributed by atoms with van der Waals surface area (Å²) < 4.78 is 22.7. The lowest BCUT2D eigenvalue weighted by Gasteiger charge is -2.35. The number of rotatable bonds is 14. The summed E-state index contributed by atoms with van der Waals surface area (Å²) in [5, 5.41) is 14.4. The fourth-order valence-corrected chi connectivity index (χ4v) is 6.52. The van der Waals surface area contributed by atoms with E-state index < -0.39 is 59.4 Å². The second-order valence-electron chi connectivity index (χ2n) is 14.4. The molecule has 12 heteroatoms. The van der Waals surface area contributed by atoms with Gasteiger partial charge < -0.3 is 34.0 Å². The summed E-state index contributed by atoms with van der Waals surface area (Å²) in [6, 6.07) is 30.2. The van der Waals surface area contributed by atoms with Crippen molar-refractivity contribution >= 4 is 46.0 Å². The molecule has 1 aliphatic heterocycles. The standard InChI is InChI=1S/C43H42N2O10/c1-26(33(30-16-18-35-37(21-30)53-25-52-35)22-32-17-19-36(54-32)40(49)44-31-12-6-5-7-13-31)45(24-27-14-15-28-10-8-9-11-29(28)20-27)41(50)39(48)34(23-38(46)47)42(51)55-43(2,3)4/h5-21,26,33-34H,22-25H2,1-4H3,(H,44,49)(H,46,47). The highest BCUT2D eigenvalue weighted by atomic mass is 16.7. The summed E-state index contributed by atoms with van der Waals surface area (Å²) in [6.07, 6.45) is -0.761. The normalized spacial score (nSPS) is 13.7. The van der Waals surface area contributed by atoms with Crippen molar-refractivity contribution in [1.82, 2.24) is 4.90 Å². The maximum Gasteiger partial charge on any atom is 0.318 e. The van der Waals surface area contributed by atoms with E-state index in [1.165, 1.54) is 4.90 Å². The van der Waals surface area contributed by atoms with E-state index in [2.05, 4.69) is 5.32 Å². The number of esters is 1. The van der Waals surface area contributed by atoms with Crippen LogP contribution in [0.3, 0.4) is 0 Å². The second-order valence-corrected chi connectivity index (χ2v) is 14.4. The molecule has 55 heavy (non-hydrogen) atoms. The Morgan fingerprint density at radius 3 is 2.27 bits per heavy atom. The maximum atomic E-state index is 14.5. The summed E-state index contributed by atoms with van der Waals surface area (Å²) in [5.74, 6) is -6.16. The predicted molar refractivity (Wildman–Crippen MR) is 203 cm³/mol. The van der Waals surface area contributed by atoms with Crippen molar-refractivity contribution in [3.63, 3.8) is 0 Å². The van der Waals surface area contributed by atoms with Gasteiger partial charge in [-0.3, -0.25) is 24.0 Å². The molecule has 0 bridgehead atoms. The van der Waals surface area contributed by atoms with Crippen LogP contribution in [0.5, 0.6) is 11.5 Å². The maximum absolute atomic E-state index is 14.5. The Hall–Kier alpha value is -6.43. The minimum atomic E-state index is -1.88. The molecule has 0 radical (unpaired) electrons. The molecule has 12 nitrogen and oxygen atoms in total. The second kappa shape index (κ2) is 16.3. The number of carboxylic acids is 1. The molecule has 0 aliphatic carbocycles. The number of furan rings is 1. The lowest BCUT2D eigenvalue weighted by molar-refractivity contribution is -0.168. The number of carboxylic acid groups (broad SMARTS) is 1. The number of ketones is 1. The Kier molecular flexibility index (Phi) is 11.3. The molecule has 2 amide bonds. The van der Waals surface area contributed by atoms with Crippen molar-refractivity contribution in [2.24, 2.45) is 5.92 Å². The first kappa shape index (κ1) is 38.3. The van der Waals surface area contributed by atoms with E-state index in [1.54, 1.807) is 76.2 Å². The number of fused-ring (bicyclic) bond motifs is 2. The summed E-state index contributed by atoms with van der Waals surface area (Å²) in [7, 11) is 0. The van der Waals surface area contributed by atoms with E-state index in [0.717, 1.165) is 10.8 Å². The van der Waals surface area contributed by atoms with E-state index in [9.17, 15) is 29.1 Å². The molecule has 0 spiro atoms. The van der Waals surface area contributed by atoms with Gasteiger partial charge in [-0.1, -0.05) is 60.7 Å². The molecule has 3 unspecified atom stereocenters. The summed E-state index contributed by atoms with van der Waals surface area (Å²) in [4.78, 5) is 68.3. The average molecular weight is 747 g/mol. The zero-order valence-electron chi connectivity index (χ0n) is 30.9. The quantitative estimate of drug-likeness (QED) is 0.0678. The Morgan fingerprint density at radius 2 is 1.55 bits per heavy atom. The molecular weight excluding hydrogens is 704 g/mol. The first-order valence-corrected chi connectivity index (χ1v) is 17.9. The number of hydrogen-bond acceptors (Lipinski definition) is 9. The van der Waals surface area contributed by atoms with Crippen LogP contribution in [0.15, 0.2) is 108 Å². The van der Waals surface area contributed by atoms with Crippen molar-refractivity contribution < 1.29 is 47.7 Å². The predicted octanol–water partition coefficient (Wildman–Crippen LogP) is 7.16. The topological polar surface area (TPSA) is 162 Å². The number of carbonyl (C=O) groups excluding carboxylic acids is 4. The fraction of sp³-hybridized carbons (Fsp3) is 0.279. The molecule has 0 saturated heterocycles. The van der Waals surface area contributed by atoms with Crippen molar-refractivity contribution in [2.75, 3.05) is 12.1 Å². The lowest BCUT2D eigenvalue weighted by Crippen LogP contribution is -2.48. The summed E-state index contributed by atoms with van der Waals surface area (Å²) in [5.41, 5.74) is 0.958. The zero-order chi connectivity index (χ0) is 39.3. The van der Waals surface area contributed by atoms with E-state index in [0.29, 0.717) is 34.1 Å². The third-order valence-electron chi connectivity index (χ3n) is 9.26. The molecule has 1 aromatic heterocycles. The van der Waals surface area contributed by atoms with Gasteiger partial charge in [0.2, 0.25) is 12.6 Å². The number of hydrogen-bond donors (Lipinski definition) is 2. The van der Waals surface area contributed by atoms with Crippen molar-refractivity contribution in [2.45, 2.75) is 64.6 Å². The molecular formula is C43H42N2O10. The SMILES string of the molecule is CC(C(Cc1ccc(C(=O)Nc2ccccc2)o1)c1ccc2c(c1)OCO2)N(Cc1ccc2ccccc2c1)C(=O)C(=O)C(CC(=O)O)C(=O)OC(C)(C)C. The van der Waals surface area contributed by atoms with Gasteiger partial charge in [0, 0.05) is 30.6 Å². The number of anilines is 1. The van der Waals surface area contributed by atoms with Crippen molar-refractivity contribution in [3.8, 4) is 11.5 Å². The van der Waals surface area contributed by atoms with E-state index in [4.69, 9.17) is 18.6 Å². The minimum Gasteiger partial charge on any atom is -0.481 e. The van der Waals surface area contributed by atoms with Gasteiger partial charge in [-0.15, -0.1) is 0 Å². The molecule has 6 rings (SSSR count). The van der Waals surface area contributed by atoms with Crippen LogP contribution in [0.2, 0.25) is 0 Å². The Labute approximate surface area is 318 Å². The molecule has 1 aliphatic rings. The third-order valence-corrected chi connectivity index (χ3v) is 9.26. The Bertz CT molecular complexity index is 2220. The minimum absolute atomic E-state index is 0.0355. The molecule has 0 fully saturated rings. The lowest BCUT2D eigenvalue weighted by atomic mass is 9.86. The number of Topliss-reactive ketones (excluding diaryl/α,β-unsaturated/α-hetero) is 1. The zero-order valence-corrected chi connectivity index (χ0v) is 30.9. The molecule has 284 valence electrons. The number of nitrogens with one attached hydrogen (secondary N) is 1. The highest BCUT2D eigenvalue weighted by molar-refractivity contribution is 6.40. The first-order valence-electron chi connectivity index (χ1n) is 17.9. The van der Waals surface area contributed by atoms with Crippen LogP contribution in [0, 0.1) is 5.92 Å². The van der Waals surface area contributed by atoms with Gasteiger partial charge >= 0.3 is 11.9 Å². The number of ether oxygens (including phenoxy) is 3. The van der Waals surface area contributed by atoms with Gasteiger partial charge in [0.1, 0.15) is 17.3 Å². The van der Waals surface area contributed by atoms with Gasteiger partial charge in [0.15, 0.2) is 17.3 Å². The average Bonchev–Trinajstić information content (AvgIpc) is 3.83. The van der Waals surface area contributed by atoms with Gasteiger partial charge in [-0.2, -0.15) is 0 Å². The smallest absolute Gasteiger partial charge is 0.318 e. The van der Waals surface area contributed by atoms with Crippen LogP contribution in [-0.4, -0.2) is 58.0 Å². The summed E-state index contributed by atoms with van der Waals surface area (Å²) in [6.45, 7) is 6.51. The molecule has 0 saturated carbocycles. The largest absolute Gasteiger partial charge is 0.481 e. The number of nitrogens with zero attached hydrogens (tertiary/aromatic N) is 1. The van der Waals surface area contributed by atoms with Gasteiger partial charge in [-0.05, 0) is 92.1 Å². The van der Waals surface area contributed by atoms with Crippen molar-refractivity contribution in [1.29, 1.82) is 0 Å². The number of carbonyl (C=O) groups is 5. The number of aliphatic carboxylic acids is 1. The van der Waals surface area contributed by atoms with Crippen LogP contribution in [-0.2, 0) is 36.9 Å². The number of benzene rings is 4. The number of amides is 2.